The molecule has 8 heteroatoms. The molecule has 0 atom stereocenters. The van der Waals surface area contributed by atoms with Crippen LogP contribution in [0.5, 0.6) is 0 Å². The number of esters is 1. The predicted octanol–water partition coefficient (Wildman–Crippen LogP) is 3.31. The minimum Gasteiger partial charge on any atom is -0.466 e. The van der Waals surface area contributed by atoms with Crippen molar-refractivity contribution < 1.29 is 32.2 Å². The van der Waals surface area contributed by atoms with Gasteiger partial charge in [0.05, 0.1) is 24.7 Å². The first kappa shape index (κ1) is 22.0. The zero-order chi connectivity index (χ0) is 19.7. The van der Waals surface area contributed by atoms with Crippen molar-refractivity contribution in [1.82, 2.24) is 4.90 Å². The van der Waals surface area contributed by atoms with E-state index in [0.29, 0.717) is 19.1 Å². The third-order valence-corrected chi connectivity index (χ3v) is 3.47. The van der Waals surface area contributed by atoms with Gasteiger partial charge >= 0.3 is 5.97 Å². The Labute approximate surface area is 151 Å². The second-order valence-electron chi connectivity index (χ2n) is 5.84. The van der Waals surface area contributed by atoms with Crippen LogP contribution in [0, 0.1) is 17.5 Å². The number of amides is 1. The minimum atomic E-state index is -1.70. The van der Waals surface area contributed by atoms with E-state index in [1.165, 1.54) is 4.90 Å². The van der Waals surface area contributed by atoms with E-state index in [1.807, 2.05) is 13.8 Å². The van der Waals surface area contributed by atoms with Gasteiger partial charge in [-0.1, -0.05) is 0 Å². The van der Waals surface area contributed by atoms with E-state index in [1.54, 1.807) is 6.92 Å². The topological polar surface area (TPSA) is 55.8 Å². The fourth-order valence-electron chi connectivity index (χ4n) is 2.21. The number of nitrogens with zero attached hydrogens (tertiary/aromatic N) is 1. The van der Waals surface area contributed by atoms with E-state index in [2.05, 4.69) is 0 Å². The molecule has 0 unspecified atom stereocenters. The average Bonchev–Trinajstić information content (AvgIpc) is 2.58. The SMILES string of the molecule is CCOC(=O)CCN(CCCOC(C)C)C(=O)c1ccc(F)c(F)c1F. The van der Waals surface area contributed by atoms with E-state index in [9.17, 15) is 22.8 Å². The molecule has 1 rings (SSSR count). The van der Waals surface area contributed by atoms with Gasteiger partial charge in [0.15, 0.2) is 17.5 Å². The summed E-state index contributed by atoms with van der Waals surface area (Å²) in [4.78, 5) is 25.3. The van der Waals surface area contributed by atoms with Crippen LogP contribution in [0.2, 0.25) is 0 Å². The van der Waals surface area contributed by atoms with Crippen molar-refractivity contribution in [2.24, 2.45) is 0 Å². The Bertz CT molecular complexity index is 623. The highest BCUT2D eigenvalue weighted by Gasteiger charge is 2.23. The molecule has 0 aliphatic heterocycles. The van der Waals surface area contributed by atoms with Crippen LogP contribution in [0.25, 0.3) is 0 Å². The van der Waals surface area contributed by atoms with Gasteiger partial charge in [0.1, 0.15) is 0 Å². The Hall–Kier alpha value is -2.09. The summed E-state index contributed by atoms with van der Waals surface area (Å²) in [6.07, 6.45) is 0.371. The minimum absolute atomic E-state index is 0.0160. The molecular formula is C18H24F3NO4. The summed E-state index contributed by atoms with van der Waals surface area (Å²) in [5.74, 6) is -5.95. The number of halogens is 3. The molecule has 0 radical (unpaired) electrons. The molecule has 0 aliphatic rings. The quantitative estimate of drug-likeness (QED) is 0.358. The maximum Gasteiger partial charge on any atom is 0.307 e. The summed E-state index contributed by atoms with van der Waals surface area (Å²) < 4.78 is 50.6. The summed E-state index contributed by atoms with van der Waals surface area (Å²) in [6, 6.07) is 1.58. The van der Waals surface area contributed by atoms with Gasteiger partial charge in [-0.2, -0.15) is 0 Å². The predicted molar refractivity (Wildman–Crippen MR) is 89.2 cm³/mol. The fraction of sp³-hybridized carbons (Fsp3) is 0.556. The standard InChI is InChI=1S/C18H24F3NO4/c1-4-25-15(23)8-10-22(9-5-11-26-12(2)3)18(24)13-6-7-14(19)17(21)16(13)20/h6-7,12H,4-5,8-11H2,1-3H3. The Morgan fingerprint density at radius 1 is 1.12 bits per heavy atom. The zero-order valence-corrected chi connectivity index (χ0v) is 15.2. The third kappa shape index (κ3) is 6.67. The van der Waals surface area contributed by atoms with Crippen molar-refractivity contribution >= 4 is 11.9 Å². The summed E-state index contributed by atoms with van der Waals surface area (Å²) in [7, 11) is 0. The lowest BCUT2D eigenvalue weighted by Crippen LogP contribution is -2.35. The number of benzene rings is 1. The molecule has 26 heavy (non-hydrogen) atoms. The van der Waals surface area contributed by atoms with Crippen molar-refractivity contribution in [2.45, 2.75) is 39.7 Å². The van der Waals surface area contributed by atoms with Crippen LogP contribution in [0.4, 0.5) is 13.2 Å². The molecule has 0 aliphatic carbocycles. The van der Waals surface area contributed by atoms with E-state index in [-0.39, 0.29) is 32.2 Å². The molecule has 0 saturated carbocycles. The molecule has 0 N–H and O–H groups in total. The van der Waals surface area contributed by atoms with Gasteiger partial charge in [0, 0.05) is 19.7 Å². The van der Waals surface area contributed by atoms with Crippen LogP contribution < -0.4 is 0 Å². The van der Waals surface area contributed by atoms with Crippen molar-refractivity contribution in [3.8, 4) is 0 Å². The number of hydrogen-bond donors (Lipinski definition) is 0. The summed E-state index contributed by atoms with van der Waals surface area (Å²) in [5.41, 5.74) is -0.586. The molecule has 0 aromatic heterocycles. The van der Waals surface area contributed by atoms with Crippen molar-refractivity contribution in [3.63, 3.8) is 0 Å². The van der Waals surface area contributed by atoms with Crippen molar-refractivity contribution in [1.29, 1.82) is 0 Å². The van der Waals surface area contributed by atoms with Gasteiger partial charge in [-0.05, 0) is 39.3 Å². The normalized spacial score (nSPS) is 10.9. The maximum atomic E-state index is 13.9. The van der Waals surface area contributed by atoms with Crippen molar-refractivity contribution in [3.05, 3.63) is 35.1 Å². The van der Waals surface area contributed by atoms with Crippen LogP contribution in [0.1, 0.15) is 44.0 Å². The molecule has 1 aromatic carbocycles. The molecular weight excluding hydrogens is 351 g/mol. The molecule has 5 nitrogen and oxygen atoms in total. The van der Waals surface area contributed by atoms with Crippen LogP contribution >= 0.6 is 0 Å². The molecule has 0 heterocycles. The Balaban J connectivity index is 2.86. The van der Waals surface area contributed by atoms with Crippen molar-refractivity contribution in [2.75, 3.05) is 26.3 Å². The molecule has 1 amide bonds. The molecule has 1 aromatic rings. The molecule has 0 spiro atoms. The lowest BCUT2D eigenvalue weighted by atomic mass is 10.1. The highest BCUT2D eigenvalue weighted by Crippen LogP contribution is 2.17. The number of rotatable bonds is 10. The second kappa shape index (κ2) is 10.8. The van der Waals surface area contributed by atoms with Crippen LogP contribution in [0.15, 0.2) is 12.1 Å². The van der Waals surface area contributed by atoms with Crippen LogP contribution in [-0.4, -0.2) is 49.2 Å². The lowest BCUT2D eigenvalue weighted by Gasteiger charge is -2.23. The van der Waals surface area contributed by atoms with Crippen LogP contribution in [0.3, 0.4) is 0 Å². The Morgan fingerprint density at radius 3 is 2.42 bits per heavy atom. The first-order chi connectivity index (χ1) is 12.3. The highest BCUT2D eigenvalue weighted by atomic mass is 19.2. The number of hydrogen-bond acceptors (Lipinski definition) is 4. The summed E-state index contributed by atoms with van der Waals surface area (Å²) >= 11 is 0. The number of ether oxygens (including phenoxy) is 2. The van der Waals surface area contributed by atoms with Gasteiger partial charge in [-0.15, -0.1) is 0 Å². The second-order valence-corrected chi connectivity index (χ2v) is 5.84. The average molecular weight is 375 g/mol. The highest BCUT2D eigenvalue weighted by molar-refractivity contribution is 5.94. The smallest absolute Gasteiger partial charge is 0.307 e. The monoisotopic (exact) mass is 375 g/mol. The lowest BCUT2D eigenvalue weighted by molar-refractivity contribution is -0.143. The largest absolute Gasteiger partial charge is 0.466 e. The zero-order valence-electron chi connectivity index (χ0n) is 15.2. The first-order valence-corrected chi connectivity index (χ1v) is 8.47. The van der Waals surface area contributed by atoms with Gasteiger partial charge in [0.2, 0.25) is 0 Å². The van der Waals surface area contributed by atoms with Gasteiger partial charge in [0.25, 0.3) is 5.91 Å². The Kier molecular flexibility index (Phi) is 9.12. The number of carbonyl (C=O) groups excluding carboxylic acids is 2. The molecule has 146 valence electrons. The third-order valence-electron chi connectivity index (χ3n) is 3.47. The van der Waals surface area contributed by atoms with Gasteiger partial charge in [-0.25, -0.2) is 13.2 Å². The summed E-state index contributed by atoms with van der Waals surface area (Å²) in [6.45, 7) is 6.08. The number of carbonyl (C=O) groups is 2. The van der Waals surface area contributed by atoms with Gasteiger partial charge < -0.3 is 14.4 Å². The van der Waals surface area contributed by atoms with Crippen LogP contribution in [-0.2, 0) is 14.3 Å². The molecule has 0 bridgehead atoms. The first-order valence-electron chi connectivity index (χ1n) is 8.47. The molecule has 0 fully saturated rings. The van der Waals surface area contributed by atoms with E-state index in [0.717, 1.165) is 6.07 Å². The Morgan fingerprint density at radius 2 is 1.81 bits per heavy atom. The molecule has 0 saturated heterocycles. The maximum absolute atomic E-state index is 13.9. The van der Waals surface area contributed by atoms with E-state index in [4.69, 9.17) is 9.47 Å². The van der Waals surface area contributed by atoms with E-state index < -0.39 is 34.9 Å². The fourth-order valence-corrected chi connectivity index (χ4v) is 2.21. The van der Waals surface area contributed by atoms with Gasteiger partial charge in [-0.3, -0.25) is 9.59 Å². The van der Waals surface area contributed by atoms with E-state index >= 15 is 0 Å². The summed E-state index contributed by atoms with van der Waals surface area (Å²) in [5, 5.41) is 0.